The van der Waals surface area contributed by atoms with Gasteiger partial charge >= 0.3 is 0 Å². The summed E-state index contributed by atoms with van der Waals surface area (Å²) < 4.78 is 26.6. The molecule has 0 heterocycles. The van der Waals surface area contributed by atoms with Crippen LogP contribution in [0.3, 0.4) is 0 Å². The summed E-state index contributed by atoms with van der Waals surface area (Å²) in [5, 5.41) is 0. The highest BCUT2D eigenvalue weighted by atomic mass is 19.3. The molecule has 3 rings (SSSR count). The van der Waals surface area contributed by atoms with E-state index >= 15 is 0 Å². The van der Waals surface area contributed by atoms with Crippen LogP contribution in [0, 0.1) is 0 Å². The van der Waals surface area contributed by atoms with E-state index in [1.807, 2.05) is 18.2 Å². The zero-order valence-electron chi connectivity index (χ0n) is 10.5. The van der Waals surface area contributed by atoms with Crippen LogP contribution in [0.5, 0.6) is 0 Å². The summed E-state index contributed by atoms with van der Waals surface area (Å²) in [5.41, 5.74) is 7.28. The van der Waals surface area contributed by atoms with E-state index in [9.17, 15) is 8.78 Å². The van der Waals surface area contributed by atoms with Crippen LogP contribution in [0.2, 0.25) is 0 Å². The Morgan fingerprint density at radius 1 is 0.833 bits per heavy atom. The lowest BCUT2D eigenvalue weighted by molar-refractivity contribution is -0.0557. The Morgan fingerprint density at radius 2 is 1.39 bits per heavy atom. The summed E-state index contributed by atoms with van der Waals surface area (Å²) >= 11 is 0. The Hall–Kier alpha value is -0.960. The third kappa shape index (κ3) is 1.76. The Labute approximate surface area is 106 Å². The summed E-state index contributed by atoms with van der Waals surface area (Å²) in [5.74, 6) is -2.50. The van der Waals surface area contributed by atoms with Gasteiger partial charge in [-0.2, -0.15) is 0 Å². The average molecular weight is 251 g/mol. The number of hydrogen-bond acceptors (Lipinski definition) is 1. The summed E-state index contributed by atoms with van der Waals surface area (Å²) in [6, 6.07) is 10.2. The first kappa shape index (κ1) is 12.1. The van der Waals surface area contributed by atoms with E-state index in [0.717, 1.165) is 12.8 Å². The zero-order chi connectivity index (χ0) is 12.9. The van der Waals surface area contributed by atoms with Crippen LogP contribution in [0.4, 0.5) is 8.78 Å². The Bertz CT molecular complexity index is 427. The molecule has 2 aliphatic carbocycles. The molecule has 2 saturated carbocycles. The summed E-state index contributed by atoms with van der Waals surface area (Å²) in [4.78, 5) is 0. The molecule has 3 heteroatoms. The third-order valence-electron chi connectivity index (χ3n) is 4.90. The van der Waals surface area contributed by atoms with Gasteiger partial charge in [-0.3, -0.25) is 0 Å². The summed E-state index contributed by atoms with van der Waals surface area (Å²) in [6.45, 7) is 0. The van der Waals surface area contributed by atoms with Gasteiger partial charge < -0.3 is 5.73 Å². The van der Waals surface area contributed by atoms with Crippen molar-refractivity contribution < 1.29 is 8.78 Å². The van der Waals surface area contributed by atoms with Gasteiger partial charge in [-0.1, -0.05) is 30.3 Å². The highest BCUT2D eigenvalue weighted by molar-refractivity contribution is 5.37. The van der Waals surface area contributed by atoms with Crippen molar-refractivity contribution in [1.29, 1.82) is 0 Å². The molecule has 0 aliphatic heterocycles. The molecule has 0 atom stereocenters. The smallest absolute Gasteiger partial charge is 0.248 e. The predicted octanol–water partition coefficient (Wildman–Crippen LogP) is 3.63. The van der Waals surface area contributed by atoms with Crippen LogP contribution < -0.4 is 5.73 Å². The molecule has 18 heavy (non-hydrogen) atoms. The summed E-state index contributed by atoms with van der Waals surface area (Å²) in [7, 11) is 0. The van der Waals surface area contributed by atoms with Crippen molar-refractivity contribution in [3.63, 3.8) is 0 Å². The van der Waals surface area contributed by atoms with Crippen molar-refractivity contribution in [3.05, 3.63) is 35.9 Å². The third-order valence-corrected chi connectivity index (χ3v) is 4.90. The van der Waals surface area contributed by atoms with E-state index in [4.69, 9.17) is 5.73 Å². The number of alkyl halides is 2. The average Bonchev–Trinajstić information content (AvgIpc) is 3.16. The lowest BCUT2D eigenvalue weighted by atomic mass is 9.67. The quantitative estimate of drug-likeness (QED) is 0.853. The van der Waals surface area contributed by atoms with Crippen molar-refractivity contribution in [3.8, 4) is 0 Å². The predicted molar refractivity (Wildman–Crippen MR) is 67.7 cm³/mol. The second-order valence-corrected chi connectivity index (χ2v) is 5.96. The highest BCUT2D eigenvalue weighted by Gasteiger charge is 2.60. The molecule has 0 bridgehead atoms. The molecular weight excluding hydrogens is 232 g/mol. The zero-order valence-corrected chi connectivity index (χ0v) is 10.5. The van der Waals surface area contributed by atoms with Crippen LogP contribution in [0.1, 0.15) is 44.1 Å². The maximum Gasteiger partial charge on any atom is 0.248 e. The van der Waals surface area contributed by atoms with Crippen LogP contribution >= 0.6 is 0 Å². The van der Waals surface area contributed by atoms with E-state index in [1.165, 1.54) is 5.56 Å². The van der Waals surface area contributed by atoms with Gasteiger partial charge in [-0.15, -0.1) is 0 Å². The Kier molecular flexibility index (Phi) is 2.53. The molecule has 0 saturated heterocycles. The molecule has 1 aromatic carbocycles. The molecule has 0 amide bonds. The SMILES string of the molecule is NC1(C2(c3ccccc3)CC2)CCC(F)(F)CC1. The maximum atomic E-state index is 13.3. The van der Waals surface area contributed by atoms with Crippen molar-refractivity contribution in [1.82, 2.24) is 0 Å². The van der Waals surface area contributed by atoms with Gasteiger partial charge in [0.1, 0.15) is 0 Å². The van der Waals surface area contributed by atoms with Crippen LogP contribution in [-0.2, 0) is 5.41 Å². The van der Waals surface area contributed by atoms with Crippen molar-refractivity contribution in [2.75, 3.05) is 0 Å². The Morgan fingerprint density at radius 3 is 1.89 bits per heavy atom. The molecular formula is C15H19F2N. The second-order valence-electron chi connectivity index (χ2n) is 5.96. The second kappa shape index (κ2) is 3.77. The van der Waals surface area contributed by atoms with Crippen molar-refractivity contribution in [2.24, 2.45) is 5.73 Å². The molecule has 2 aliphatic rings. The van der Waals surface area contributed by atoms with Crippen LogP contribution in [-0.4, -0.2) is 11.5 Å². The minimum absolute atomic E-state index is 0.0369. The van der Waals surface area contributed by atoms with Gasteiger partial charge in [0.15, 0.2) is 0 Å². The Balaban J connectivity index is 1.87. The number of halogens is 2. The number of nitrogens with two attached hydrogens (primary N) is 1. The van der Waals surface area contributed by atoms with Crippen molar-refractivity contribution in [2.45, 2.75) is 55.4 Å². The maximum absolute atomic E-state index is 13.3. The standard InChI is InChI=1S/C15H19F2N/c16-15(17)10-8-14(18,9-11-15)13(6-7-13)12-4-2-1-3-5-12/h1-5H,6-11,18H2. The molecule has 0 unspecified atom stereocenters. The van der Waals surface area contributed by atoms with Gasteiger partial charge in [-0.05, 0) is 31.2 Å². The fraction of sp³-hybridized carbons (Fsp3) is 0.600. The fourth-order valence-electron chi connectivity index (χ4n) is 3.50. The molecule has 0 aromatic heterocycles. The molecule has 0 spiro atoms. The van der Waals surface area contributed by atoms with E-state index in [0.29, 0.717) is 12.8 Å². The lowest BCUT2D eigenvalue weighted by Crippen LogP contribution is -2.54. The minimum atomic E-state index is -2.50. The lowest BCUT2D eigenvalue weighted by Gasteiger charge is -2.43. The first-order valence-electron chi connectivity index (χ1n) is 6.70. The minimum Gasteiger partial charge on any atom is -0.324 e. The number of hydrogen-bond donors (Lipinski definition) is 1. The van der Waals surface area contributed by atoms with Gasteiger partial charge in [-0.25, -0.2) is 8.78 Å². The highest BCUT2D eigenvalue weighted by Crippen LogP contribution is 2.59. The van der Waals surface area contributed by atoms with E-state index in [2.05, 4.69) is 12.1 Å². The van der Waals surface area contributed by atoms with Gasteiger partial charge in [0.25, 0.3) is 0 Å². The molecule has 2 N–H and O–H groups in total. The van der Waals surface area contributed by atoms with E-state index in [-0.39, 0.29) is 18.3 Å². The largest absolute Gasteiger partial charge is 0.324 e. The molecule has 2 fully saturated rings. The summed E-state index contributed by atoms with van der Waals surface area (Å²) in [6.07, 6.45) is 2.85. The number of rotatable bonds is 2. The van der Waals surface area contributed by atoms with E-state index < -0.39 is 11.5 Å². The molecule has 1 aromatic rings. The normalized spacial score (nSPS) is 27.7. The van der Waals surface area contributed by atoms with Gasteiger partial charge in [0.05, 0.1) is 0 Å². The first-order valence-corrected chi connectivity index (χ1v) is 6.70. The molecule has 98 valence electrons. The fourth-order valence-corrected chi connectivity index (χ4v) is 3.50. The monoisotopic (exact) mass is 251 g/mol. The molecule has 0 radical (unpaired) electrons. The van der Waals surface area contributed by atoms with Crippen molar-refractivity contribution >= 4 is 0 Å². The van der Waals surface area contributed by atoms with Gasteiger partial charge in [0, 0.05) is 23.8 Å². The van der Waals surface area contributed by atoms with Gasteiger partial charge in [0.2, 0.25) is 5.92 Å². The van der Waals surface area contributed by atoms with Crippen LogP contribution in [0.25, 0.3) is 0 Å². The topological polar surface area (TPSA) is 26.0 Å². The molecule has 1 nitrogen and oxygen atoms in total. The van der Waals surface area contributed by atoms with E-state index in [1.54, 1.807) is 0 Å². The van der Waals surface area contributed by atoms with Crippen LogP contribution in [0.15, 0.2) is 30.3 Å². The number of benzene rings is 1. The first-order chi connectivity index (χ1) is 8.48.